The van der Waals surface area contributed by atoms with Crippen LogP contribution in [0, 0.1) is 17.0 Å². The molecule has 3 aromatic rings. The summed E-state index contributed by atoms with van der Waals surface area (Å²) in [6.07, 6.45) is 0. The van der Waals surface area contributed by atoms with Crippen LogP contribution < -0.4 is 10.2 Å². The third-order valence-corrected chi connectivity index (χ3v) is 7.62. The monoisotopic (exact) mass is 542 g/mol. The van der Waals surface area contributed by atoms with Crippen LogP contribution in [0.5, 0.6) is 0 Å². The third kappa shape index (κ3) is 6.10. The van der Waals surface area contributed by atoms with Crippen molar-refractivity contribution in [1.29, 1.82) is 0 Å². The molecule has 0 radical (unpaired) electrons. The molecule has 1 aliphatic heterocycles. The van der Waals surface area contributed by atoms with E-state index in [4.69, 9.17) is 16.3 Å². The average Bonchev–Trinajstić information content (AvgIpc) is 3.20. The zero-order valence-corrected chi connectivity index (χ0v) is 22.1. The number of carbonyl (C=O) groups is 2. The fourth-order valence-electron chi connectivity index (χ4n) is 4.34. The van der Waals surface area contributed by atoms with Crippen LogP contribution in [0.15, 0.2) is 48.5 Å². The summed E-state index contributed by atoms with van der Waals surface area (Å²) in [5.74, 6) is -0.704. The van der Waals surface area contributed by atoms with E-state index in [0.717, 1.165) is 16.0 Å². The van der Waals surface area contributed by atoms with Gasteiger partial charge in [0.15, 0.2) is 0 Å². The molecule has 2 heterocycles. The molecule has 1 fully saturated rings. The van der Waals surface area contributed by atoms with Gasteiger partial charge in [-0.05, 0) is 37.1 Å². The zero-order chi connectivity index (χ0) is 26.5. The molecule has 0 unspecified atom stereocenters. The fraction of sp³-hybridized carbons (Fsp3) is 0.308. The number of nitrogens with zero attached hydrogens (tertiary/aromatic N) is 3. The summed E-state index contributed by atoms with van der Waals surface area (Å²) in [6.45, 7) is 6.13. The van der Waals surface area contributed by atoms with E-state index in [0.29, 0.717) is 47.5 Å². The Kier molecular flexibility index (Phi) is 8.42. The molecule has 1 aliphatic rings. The number of amides is 1. The SMILES string of the molecule is CCOC(=O)c1c(NC(=O)CN2CCN(c3ccc(Cl)cc3[N+](=O)[O-])CC2)sc(-c2ccccc2)c1C. The minimum Gasteiger partial charge on any atom is -0.462 e. The van der Waals surface area contributed by atoms with Crippen LogP contribution >= 0.6 is 22.9 Å². The predicted molar refractivity (Wildman–Crippen MR) is 146 cm³/mol. The van der Waals surface area contributed by atoms with Crippen molar-refractivity contribution < 1.29 is 19.2 Å². The molecule has 1 amide bonds. The molecule has 9 nitrogen and oxygen atoms in total. The van der Waals surface area contributed by atoms with Crippen LogP contribution in [0.4, 0.5) is 16.4 Å². The van der Waals surface area contributed by atoms with Gasteiger partial charge in [0.25, 0.3) is 5.69 Å². The highest BCUT2D eigenvalue weighted by Gasteiger charge is 2.27. The van der Waals surface area contributed by atoms with E-state index in [1.807, 2.05) is 47.1 Å². The summed E-state index contributed by atoms with van der Waals surface area (Å²) in [5.41, 5.74) is 2.58. The van der Waals surface area contributed by atoms with Crippen LogP contribution in [0.25, 0.3) is 10.4 Å². The van der Waals surface area contributed by atoms with E-state index < -0.39 is 10.9 Å². The number of carbonyl (C=O) groups excluding carboxylic acids is 2. The zero-order valence-electron chi connectivity index (χ0n) is 20.5. The summed E-state index contributed by atoms with van der Waals surface area (Å²) < 4.78 is 5.26. The number of rotatable bonds is 8. The Hall–Kier alpha value is -3.47. The average molecular weight is 543 g/mol. The Morgan fingerprint density at radius 1 is 1.14 bits per heavy atom. The van der Waals surface area contributed by atoms with Gasteiger partial charge in [0.05, 0.1) is 23.6 Å². The molecule has 37 heavy (non-hydrogen) atoms. The highest BCUT2D eigenvalue weighted by atomic mass is 35.5. The molecule has 0 atom stereocenters. The van der Waals surface area contributed by atoms with Crippen molar-refractivity contribution in [2.75, 3.05) is 49.5 Å². The molecule has 0 spiro atoms. The van der Waals surface area contributed by atoms with E-state index in [-0.39, 0.29) is 24.7 Å². The van der Waals surface area contributed by atoms with Crippen LogP contribution in [0.1, 0.15) is 22.8 Å². The lowest BCUT2D eigenvalue weighted by molar-refractivity contribution is -0.384. The number of esters is 1. The lowest BCUT2D eigenvalue weighted by atomic mass is 10.1. The topological polar surface area (TPSA) is 105 Å². The Bertz CT molecular complexity index is 1310. The maximum absolute atomic E-state index is 13.0. The van der Waals surface area contributed by atoms with Gasteiger partial charge in [-0.1, -0.05) is 41.9 Å². The molecule has 0 saturated carbocycles. The number of benzene rings is 2. The Labute approximate surface area is 223 Å². The normalized spacial score (nSPS) is 13.9. The highest BCUT2D eigenvalue weighted by molar-refractivity contribution is 7.20. The van der Waals surface area contributed by atoms with E-state index in [1.165, 1.54) is 17.4 Å². The summed E-state index contributed by atoms with van der Waals surface area (Å²) in [4.78, 5) is 41.5. The maximum Gasteiger partial charge on any atom is 0.341 e. The minimum absolute atomic E-state index is 0.0347. The van der Waals surface area contributed by atoms with Crippen molar-refractivity contribution >= 4 is 51.2 Å². The van der Waals surface area contributed by atoms with E-state index in [9.17, 15) is 19.7 Å². The number of halogens is 1. The number of nitro groups is 1. The fourth-order valence-corrected chi connectivity index (χ4v) is 5.72. The van der Waals surface area contributed by atoms with Crippen molar-refractivity contribution in [3.05, 3.63) is 74.8 Å². The second-order valence-corrected chi connectivity index (χ2v) is 10.0. The van der Waals surface area contributed by atoms with Crippen LogP contribution in [0.3, 0.4) is 0 Å². The minimum atomic E-state index is -0.466. The molecule has 194 valence electrons. The number of hydrogen-bond donors (Lipinski definition) is 1. The largest absolute Gasteiger partial charge is 0.462 e. The number of thiophene rings is 1. The third-order valence-electron chi connectivity index (χ3n) is 6.13. The van der Waals surface area contributed by atoms with Crippen molar-refractivity contribution in [2.45, 2.75) is 13.8 Å². The van der Waals surface area contributed by atoms with Gasteiger partial charge in [0, 0.05) is 42.1 Å². The van der Waals surface area contributed by atoms with E-state index in [1.54, 1.807) is 19.1 Å². The Morgan fingerprint density at radius 3 is 2.49 bits per heavy atom. The molecular formula is C26H27ClN4O5S. The summed E-state index contributed by atoms with van der Waals surface area (Å²) >= 11 is 7.29. The second-order valence-electron chi connectivity index (χ2n) is 8.55. The summed E-state index contributed by atoms with van der Waals surface area (Å²) in [6, 6.07) is 14.3. The van der Waals surface area contributed by atoms with Gasteiger partial charge < -0.3 is 15.0 Å². The molecule has 11 heteroatoms. The first kappa shape index (κ1) is 26.6. The summed E-state index contributed by atoms with van der Waals surface area (Å²) in [7, 11) is 0. The van der Waals surface area contributed by atoms with Crippen LogP contribution in [-0.4, -0.2) is 61.0 Å². The molecule has 1 N–H and O–H groups in total. The summed E-state index contributed by atoms with van der Waals surface area (Å²) in [5, 5.41) is 15.2. The first-order valence-electron chi connectivity index (χ1n) is 11.9. The molecular weight excluding hydrogens is 516 g/mol. The molecule has 0 aliphatic carbocycles. The standard InChI is InChI=1S/C26H27ClN4O5S/c1-3-36-26(33)23-17(2)24(18-7-5-4-6-8-18)37-25(23)28-22(32)16-29-11-13-30(14-12-29)20-10-9-19(27)15-21(20)31(34)35/h4-10,15H,3,11-14,16H2,1-2H3,(H,28,32). The van der Waals surface area contributed by atoms with Gasteiger partial charge in [0.1, 0.15) is 10.7 Å². The highest BCUT2D eigenvalue weighted by Crippen LogP contribution is 2.40. The molecule has 1 saturated heterocycles. The van der Waals surface area contributed by atoms with E-state index in [2.05, 4.69) is 5.32 Å². The molecule has 1 aromatic heterocycles. The van der Waals surface area contributed by atoms with Crippen molar-refractivity contribution in [3.63, 3.8) is 0 Å². The number of anilines is 2. The lowest BCUT2D eigenvalue weighted by Gasteiger charge is -2.35. The number of nitro benzene ring substituents is 1. The van der Waals surface area contributed by atoms with Gasteiger partial charge in [0.2, 0.25) is 5.91 Å². The Morgan fingerprint density at radius 2 is 1.84 bits per heavy atom. The Balaban J connectivity index is 1.44. The quantitative estimate of drug-likeness (QED) is 0.236. The number of hydrogen-bond acceptors (Lipinski definition) is 8. The predicted octanol–water partition coefficient (Wildman–Crippen LogP) is 5.22. The van der Waals surface area contributed by atoms with Gasteiger partial charge >= 0.3 is 5.97 Å². The van der Waals surface area contributed by atoms with Crippen LogP contribution in [-0.2, 0) is 9.53 Å². The van der Waals surface area contributed by atoms with Crippen molar-refractivity contribution in [3.8, 4) is 10.4 Å². The first-order valence-corrected chi connectivity index (χ1v) is 13.0. The lowest BCUT2D eigenvalue weighted by Crippen LogP contribution is -2.48. The number of nitrogens with one attached hydrogen (secondary N) is 1. The van der Waals surface area contributed by atoms with Crippen molar-refractivity contribution in [2.24, 2.45) is 0 Å². The van der Waals surface area contributed by atoms with Gasteiger partial charge in [-0.3, -0.25) is 19.8 Å². The smallest absolute Gasteiger partial charge is 0.341 e. The molecule has 0 bridgehead atoms. The first-order chi connectivity index (χ1) is 17.8. The number of piperazine rings is 1. The number of ether oxygens (including phenoxy) is 1. The second kappa shape index (κ2) is 11.7. The van der Waals surface area contributed by atoms with Gasteiger partial charge in [-0.2, -0.15) is 0 Å². The maximum atomic E-state index is 13.0. The van der Waals surface area contributed by atoms with Gasteiger partial charge in [-0.15, -0.1) is 11.3 Å². The molecule has 2 aromatic carbocycles. The van der Waals surface area contributed by atoms with Gasteiger partial charge in [-0.25, -0.2) is 4.79 Å². The van der Waals surface area contributed by atoms with Crippen LogP contribution in [0.2, 0.25) is 5.02 Å². The van der Waals surface area contributed by atoms with E-state index >= 15 is 0 Å². The van der Waals surface area contributed by atoms with Crippen molar-refractivity contribution in [1.82, 2.24) is 4.90 Å². The molecule has 4 rings (SSSR count).